The number of piperidine rings is 1. The lowest BCUT2D eigenvalue weighted by Gasteiger charge is -2.39. The van der Waals surface area contributed by atoms with Crippen molar-refractivity contribution in [1.29, 1.82) is 0 Å². The van der Waals surface area contributed by atoms with Crippen LogP contribution in [0.25, 0.3) is 0 Å². The number of alkyl carbamates (subject to hydrolysis) is 1. The molecule has 0 radical (unpaired) electrons. The number of amides is 6. The molecule has 3 N–H and O–H groups in total. The number of esters is 2. The highest BCUT2D eigenvalue weighted by atomic mass is 16.6. The lowest BCUT2D eigenvalue weighted by Crippen LogP contribution is -2.62. The van der Waals surface area contributed by atoms with E-state index in [0.717, 1.165) is 22.3 Å². The summed E-state index contributed by atoms with van der Waals surface area (Å²) in [5, 5.41) is 8.41. The summed E-state index contributed by atoms with van der Waals surface area (Å²) >= 11 is 0. The molecule has 2 saturated heterocycles. The zero-order chi connectivity index (χ0) is 54.8. The first-order valence-corrected chi connectivity index (χ1v) is 26.4. The Morgan fingerprint density at radius 3 is 1.70 bits per heavy atom. The van der Waals surface area contributed by atoms with Gasteiger partial charge in [0.25, 0.3) is 0 Å². The van der Waals surface area contributed by atoms with E-state index in [4.69, 9.17) is 14.2 Å². The average molecular weight is 1040 g/mol. The van der Waals surface area contributed by atoms with Crippen molar-refractivity contribution < 1.29 is 52.6 Å². The fraction of sp³-hybridized carbons (Fsp3) is 0.458. The maximum atomic E-state index is 15.0. The Balaban J connectivity index is 1.23. The second-order valence-electron chi connectivity index (χ2n) is 20.7. The van der Waals surface area contributed by atoms with E-state index >= 15 is 4.79 Å². The Morgan fingerprint density at radius 1 is 0.618 bits per heavy atom. The number of rotatable bonds is 22. The van der Waals surface area contributed by atoms with Crippen molar-refractivity contribution in [3.05, 3.63) is 144 Å². The van der Waals surface area contributed by atoms with Crippen LogP contribution >= 0.6 is 0 Å². The highest BCUT2D eigenvalue weighted by molar-refractivity contribution is 5.98. The Labute approximate surface area is 446 Å². The standard InChI is InChI=1S/C59H74N6O11/c1-7-40(2)51(62-52(67)45(35-41-23-12-8-13-24-41)61-58(73)75-39-44-29-18-11-19-30-44)56(71)64-33-21-20-31-47(64)53(68)60-46(37-50(66)76-59(3,4)5)54(69)63(6)49(36-42-25-14-9-15-26-42)55(70)65-34-22-32-48(65)57(72)74-38-43-27-16-10-17-28-43/h8-19,23-30,40,45-49,51H,7,20-22,31-39H2,1-6H3,(H,60,68)(H,61,73)(H,62,67)/t40?,45-,46+,47-,48+,49?,51+/m1/s1. The van der Waals surface area contributed by atoms with E-state index in [1.54, 1.807) is 32.9 Å². The molecular weight excluding hydrogens is 969 g/mol. The Morgan fingerprint density at radius 2 is 1.13 bits per heavy atom. The molecule has 0 bridgehead atoms. The molecule has 7 atom stereocenters. The number of nitrogens with zero attached hydrogens (tertiary/aromatic N) is 3. The number of likely N-dealkylation sites (tertiary alicyclic amines) is 2. The highest BCUT2D eigenvalue weighted by Gasteiger charge is 2.44. The minimum Gasteiger partial charge on any atom is -0.460 e. The van der Waals surface area contributed by atoms with Crippen LogP contribution in [0.1, 0.15) is 102 Å². The van der Waals surface area contributed by atoms with Gasteiger partial charge in [-0.25, -0.2) is 9.59 Å². The van der Waals surface area contributed by atoms with Crippen molar-refractivity contribution in [2.24, 2.45) is 5.92 Å². The molecule has 4 aromatic rings. The number of carbonyl (C=O) groups excluding carboxylic acids is 8. The SMILES string of the molecule is CCC(C)[C@H](NC(=O)[C@@H](Cc1ccccc1)NC(=O)OCc1ccccc1)C(=O)N1CCCC[C@@H]1C(=O)N[C@@H](CC(=O)OC(C)(C)C)C(=O)N(C)C(Cc1ccccc1)C(=O)N1CCC[C@H]1C(=O)OCc1ccccc1. The van der Waals surface area contributed by atoms with E-state index in [1.165, 1.54) is 21.7 Å². The minimum atomic E-state index is -1.56. The lowest BCUT2D eigenvalue weighted by molar-refractivity contribution is -0.160. The molecule has 0 saturated carbocycles. The summed E-state index contributed by atoms with van der Waals surface area (Å²) in [6, 6.07) is 29.4. The molecule has 4 aromatic carbocycles. The van der Waals surface area contributed by atoms with E-state index in [0.29, 0.717) is 32.1 Å². The maximum Gasteiger partial charge on any atom is 0.408 e. The lowest BCUT2D eigenvalue weighted by atomic mass is 9.93. The van der Waals surface area contributed by atoms with Crippen LogP contribution in [0.4, 0.5) is 4.79 Å². The van der Waals surface area contributed by atoms with E-state index < -0.39 is 102 Å². The molecular formula is C59H74N6O11. The summed E-state index contributed by atoms with van der Waals surface area (Å²) in [5.74, 6) is -4.94. The van der Waals surface area contributed by atoms with Crippen molar-refractivity contribution in [1.82, 2.24) is 30.7 Å². The van der Waals surface area contributed by atoms with Gasteiger partial charge in [0.2, 0.25) is 29.5 Å². The molecule has 6 rings (SSSR count). The summed E-state index contributed by atoms with van der Waals surface area (Å²) in [6.45, 7) is 9.10. The first-order chi connectivity index (χ1) is 36.4. The van der Waals surface area contributed by atoms with Crippen LogP contribution in [0.15, 0.2) is 121 Å². The molecule has 76 heavy (non-hydrogen) atoms. The van der Waals surface area contributed by atoms with Gasteiger partial charge in [0.05, 0.1) is 6.42 Å². The van der Waals surface area contributed by atoms with Crippen LogP contribution in [0.2, 0.25) is 0 Å². The predicted molar refractivity (Wildman–Crippen MR) is 285 cm³/mol. The number of nitrogens with one attached hydrogen (secondary N) is 3. The fourth-order valence-corrected chi connectivity index (χ4v) is 9.49. The van der Waals surface area contributed by atoms with Crippen LogP contribution < -0.4 is 16.0 Å². The van der Waals surface area contributed by atoms with Gasteiger partial charge in [0, 0.05) is 33.0 Å². The van der Waals surface area contributed by atoms with Gasteiger partial charge in [0.15, 0.2) is 0 Å². The zero-order valence-electron chi connectivity index (χ0n) is 44.6. The van der Waals surface area contributed by atoms with E-state index in [1.807, 2.05) is 123 Å². The Kier molecular flexibility index (Phi) is 21.1. The van der Waals surface area contributed by atoms with Crippen LogP contribution in [-0.2, 0) is 73.8 Å². The zero-order valence-corrected chi connectivity index (χ0v) is 44.6. The molecule has 0 aliphatic carbocycles. The number of carbonyl (C=O) groups is 8. The number of ether oxygens (including phenoxy) is 3. The van der Waals surface area contributed by atoms with Crippen LogP contribution in [0.3, 0.4) is 0 Å². The van der Waals surface area contributed by atoms with Gasteiger partial charge < -0.3 is 44.9 Å². The second-order valence-corrected chi connectivity index (χ2v) is 20.7. The third kappa shape index (κ3) is 16.7. The molecule has 2 aliphatic heterocycles. The van der Waals surface area contributed by atoms with E-state index in [2.05, 4.69) is 16.0 Å². The first-order valence-electron chi connectivity index (χ1n) is 26.4. The average Bonchev–Trinajstić information content (AvgIpc) is 3.93. The van der Waals surface area contributed by atoms with Gasteiger partial charge in [-0.15, -0.1) is 0 Å². The third-order valence-corrected chi connectivity index (χ3v) is 13.8. The topological polar surface area (TPSA) is 210 Å². The molecule has 2 unspecified atom stereocenters. The summed E-state index contributed by atoms with van der Waals surface area (Å²) in [7, 11) is 1.43. The minimum absolute atomic E-state index is 0.0215. The van der Waals surface area contributed by atoms with Gasteiger partial charge in [-0.3, -0.25) is 28.8 Å². The molecule has 17 nitrogen and oxygen atoms in total. The van der Waals surface area contributed by atoms with Crippen molar-refractivity contribution >= 4 is 47.6 Å². The molecule has 406 valence electrons. The van der Waals surface area contributed by atoms with Crippen molar-refractivity contribution in [3.63, 3.8) is 0 Å². The molecule has 2 fully saturated rings. The quantitative estimate of drug-likeness (QED) is 0.0575. The number of hydrogen-bond donors (Lipinski definition) is 3. The molecule has 6 amide bonds. The largest absolute Gasteiger partial charge is 0.460 e. The Bertz CT molecular complexity index is 2580. The maximum absolute atomic E-state index is 15.0. The molecule has 2 aliphatic rings. The van der Waals surface area contributed by atoms with Gasteiger partial charge in [-0.05, 0) is 81.0 Å². The van der Waals surface area contributed by atoms with Gasteiger partial charge >= 0.3 is 18.0 Å². The van der Waals surface area contributed by atoms with E-state index in [-0.39, 0.29) is 45.6 Å². The van der Waals surface area contributed by atoms with Crippen molar-refractivity contribution in [2.75, 3.05) is 20.1 Å². The second kappa shape index (κ2) is 27.8. The number of likely N-dealkylation sites (N-methyl/N-ethyl adjacent to an activating group) is 1. The fourth-order valence-electron chi connectivity index (χ4n) is 9.49. The Hall–Kier alpha value is -7.56. The molecule has 17 heteroatoms. The van der Waals surface area contributed by atoms with E-state index in [9.17, 15) is 33.6 Å². The summed E-state index contributed by atoms with van der Waals surface area (Å²) in [6.07, 6.45) is 1.36. The highest BCUT2D eigenvalue weighted by Crippen LogP contribution is 2.26. The molecule has 2 heterocycles. The van der Waals surface area contributed by atoms with Crippen molar-refractivity contribution in [3.8, 4) is 0 Å². The van der Waals surface area contributed by atoms with Crippen LogP contribution in [-0.4, -0.2) is 124 Å². The van der Waals surface area contributed by atoms with Crippen LogP contribution in [0, 0.1) is 5.92 Å². The predicted octanol–water partition coefficient (Wildman–Crippen LogP) is 6.46. The summed E-state index contributed by atoms with van der Waals surface area (Å²) in [4.78, 5) is 118. The monoisotopic (exact) mass is 1040 g/mol. The molecule has 0 aromatic heterocycles. The van der Waals surface area contributed by atoms with Gasteiger partial charge in [0.1, 0.15) is 55.1 Å². The third-order valence-electron chi connectivity index (χ3n) is 13.8. The summed E-state index contributed by atoms with van der Waals surface area (Å²) in [5.41, 5.74) is 2.06. The number of benzene rings is 4. The number of hydrogen-bond acceptors (Lipinski definition) is 11. The normalized spacial score (nSPS) is 17.4. The van der Waals surface area contributed by atoms with Crippen molar-refractivity contribution in [2.45, 2.75) is 147 Å². The summed E-state index contributed by atoms with van der Waals surface area (Å²) < 4.78 is 16.8. The smallest absolute Gasteiger partial charge is 0.408 e. The molecule has 0 spiro atoms. The van der Waals surface area contributed by atoms with Gasteiger partial charge in [-0.2, -0.15) is 0 Å². The first kappa shape index (κ1) is 57.7. The van der Waals surface area contributed by atoms with Crippen LogP contribution in [0.5, 0.6) is 0 Å². The van der Waals surface area contributed by atoms with Gasteiger partial charge in [-0.1, -0.05) is 142 Å².